The lowest BCUT2D eigenvalue weighted by Gasteiger charge is -2.37. The summed E-state index contributed by atoms with van der Waals surface area (Å²) in [6.07, 6.45) is -0.301. The van der Waals surface area contributed by atoms with E-state index in [1.807, 2.05) is 6.07 Å². The zero-order valence-corrected chi connectivity index (χ0v) is 21.8. The lowest BCUT2D eigenvalue weighted by Crippen LogP contribution is -2.47. The molecule has 0 radical (unpaired) electrons. The summed E-state index contributed by atoms with van der Waals surface area (Å²) in [5.74, 6) is -5.89. The molecule has 0 unspecified atom stereocenters. The molecule has 0 spiro atoms. The highest BCUT2D eigenvalue weighted by molar-refractivity contribution is 8.13. The smallest absolute Gasteiger partial charge is 0.274 e. The highest BCUT2D eigenvalue weighted by atomic mass is 32.2. The van der Waals surface area contributed by atoms with Crippen molar-refractivity contribution in [3.05, 3.63) is 95.1 Å². The first-order chi connectivity index (χ1) is 19.1. The summed E-state index contributed by atoms with van der Waals surface area (Å²) in [6, 6.07) is 16.9. The molecule has 2 aromatic carbocycles. The number of fused-ring (bicyclic) bond motifs is 1. The van der Waals surface area contributed by atoms with Crippen LogP contribution in [0, 0.1) is 23.1 Å². The van der Waals surface area contributed by atoms with Gasteiger partial charge in [0.2, 0.25) is 0 Å². The fourth-order valence-electron chi connectivity index (χ4n) is 4.80. The molecule has 12 heteroatoms. The molecular formula is C28H22F3N5O3S. The third kappa shape index (κ3) is 5.30. The normalized spacial score (nSPS) is 22.0. The van der Waals surface area contributed by atoms with Gasteiger partial charge in [-0.25, -0.2) is 23.1 Å². The Balaban J connectivity index is 1.51. The van der Waals surface area contributed by atoms with E-state index >= 15 is 4.39 Å². The summed E-state index contributed by atoms with van der Waals surface area (Å²) in [4.78, 5) is 34.1. The minimum atomic E-state index is -3.24. The summed E-state index contributed by atoms with van der Waals surface area (Å²) >= 11 is 1.08. The van der Waals surface area contributed by atoms with Gasteiger partial charge in [0.15, 0.2) is 5.17 Å². The van der Waals surface area contributed by atoms with Crippen LogP contribution in [-0.4, -0.2) is 46.4 Å². The molecule has 3 aromatic rings. The summed E-state index contributed by atoms with van der Waals surface area (Å²) in [6.45, 7) is 0.384. The number of aliphatic imine (C=N–C) groups is 1. The maximum Gasteiger partial charge on any atom is 0.274 e. The number of carbonyl (C=O) groups is 2. The molecule has 0 bridgehead atoms. The van der Waals surface area contributed by atoms with Crippen LogP contribution >= 0.6 is 11.8 Å². The molecule has 2 N–H and O–H groups in total. The number of alkyl halides is 2. The number of aromatic nitrogens is 1. The molecule has 0 aliphatic carbocycles. The van der Waals surface area contributed by atoms with E-state index in [1.165, 1.54) is 30.5 Å². The second-order valence-electron chi connectivity index (χ2n) is 9.46. The van der Waals surface area contributed by atoms with Crippen molar-refractivity contribution in [3.63, 3.8) is 0 Å². The standard InChI is InChI=1S/C28H22F3N5O3S/c1-27(30,31)23-20-14-40-26(35-24(37)17-5-3-2-4-6-17)36-28(20,15-39-23)19-11-18(8-9-21(19)29)34-25(38)22-10-7-16(12-32)13-33-22/h2-11,13,20,23H,14-15H2,1H3,(H,34,38)(H,35,36,37)/t20-,23+,28-/m1/s1. The van der Waals surface area contributed by atoms with Gasteiger partial charge in [-0.2, -0.15) is 5.26 Å². The maximum atomic E-state index is 15.4. The number of amidine groups is 1. The van der Waals surface area contributed by atoms with Crippen LogP contribution in [-0.2, 0) is 10.3 Å². The number of thioether (sulfide) groups is 1. The first kappa shape index (κ1) is 27.4. The first-order valence-corrected chi connectivity index (χ1v) is 13.2. The number of rotatable bonds is 5. The van der Waals surface area contributed by atoms with Crippen LogP contribution in [0.5, 0.6) is 0 Å². The van der Waals surface area contributed by atoms with Crippen molar-refractivity contribution in [1.82, 2.24) is 10.3 Å². The number of halogens is 3. The largest absolute Gasteiger partial charge is 0.369 e. The number of nitriles is 1. The molecule has 2 aliphatic rings. The highest BCUT2D eigenvalue weighted by Gasteiger charge is 2.60. The Kier molecular flexibility index (Phi) is 7.35. The third-order valence-corrected chi connectivity index (χ3v) is 7.73. The number of benzene rings is 2. The number of ether oxygens (including phenoxy) is 1. The SMILES string of the molecule is CC(F)(F)[C@H]1OC[C@]2(c3cc(NC(=O)c4ccc(C#N)cn4)ccc3F)N=C(NC(=O)c3ccccc3)SC[C@H]12. The van der Waals surface area contributed by atoms with Crippen molar-refractivity contribution in [1.29, 1.82) is 5.26 Å². The Morgan fingerprint density at radius 1 is 1.12 bits per heavy atom. The van der Waals surface area contributed by atoms with Gasteiger partial charge in [0.05, 0.1) is 12.2 Å². The van der Waals surface area contributed by atoms with Crippen LogP contribution in [0.1, 0.15) is 38.9 Å². The lowest BCUT2D eigenvalue weighted by atomic mass is 9.77. The van der Waals surface area contributed by atoms with Crippen molar-refractivity contribution < 1.29 is 27.5 Å². The molecule has 3 heterocycles. The molecule has 2 amide bonds. The van der Waals surface area contributed by atoms with Crippen LogP contribution < -0.4 is 10.6 Å². The summed E-state index contributed by atoms with van der Waals surface area (Å²) in [7, 11) is 0. The number of amides is 2. The Hall–Kier alpha value is -4.21. The third-order valence-electron chi connectivity index (χ3n) is 6.73. The molecule has 40 heavy (non-hydrogen) atoms. The zero-order chi connectivity index (χ0) is 28.5. The van der Waals surface area contributed by atoms with Gasteiger partial charge in [-0.1, -0.05) is 30.0 Å². The zero-order valence-electron chi connectivity index (χ0n) is 21.0. The van der Waals surface area contributed by atoms with Crippen LogP contribution in [0.25, 0.3) is 0 Å². The number of hydrogen-bond donors (Lipinski definition) is 2. The monoisotopic (exact) mass is 565 g/mol. The van der Waals surface area contributed by atoms with Gasteiger partial charge in [0.1, 0.15) is 29.2 Å². The lowest BCUT2D eigenvalue weighted by molar-refractivity contribution is -0.113. The molecule has 5 rings (SSSR count). The van der Waals surface area contributed by atoms with Crippen molar-refractivity contribution in [2.75, 3.05) is 17.7 Å². The minimum Gasteiger partial charge on any atom is -0.369 e. The van der Waals surface area contributed by atoms with E-state index in [2.05, 4.69) is 20.6 Å². The average Bonchev–Trinajstić information content (AvgIpc) is 3.35. The maximum absolute atomic E-state index is 15.4. The van der Waals surface area contributed by atoms with Crippen molar-refractivity contribution in [2.24, 2.45) is 10.9 Å². The van der Waals surface area contributed by atoms with Gasteiger partial charge in [0.25, 0.3) is 17.7 Å². The predicted octanol–water partition coefficient (Wildman–Crippen LogP) is 4.74. The van der Waals surface area contributed by atoms with Crippen molar-refractivity contribution >= 4 is 34.4 Å². The quantitative estimate of drug-likeness (QED) is 0.462. The summed E-state index contributed by atoms with van der Waals surface area (Å²) in [5, 5.41) is 14.4. The average molecular weight is 566 g/mol. The van der Waals surface area contributed by atoms with Crippen molar-refractivity contribution in [2.45, 2.75) is 24.5 Å². The Morgan fingerprint density at radius 2 is 1.90 bits per heavy atom. The summed E-state index contributed by atoms with van der Waals surface area (Å²) < 4.78 is 50.2. The molecule has 1 fully saturated rings. The molecule has 1 saturated heterocycles. The number of anilines is 1. The first-order valence-electron chi connectivity index (χ1n) is 12.2. The van der Waals surface area contributed by atoms with Gasteiger partial charge in [-0.15, -0.1) is 0 Å². The Labute approximate surface area is 231 Å². The van der Waals surface area contributed by atoms with Crippen LogP contribution in [0.4, 0.5) is 18.9 Å². The Morgan fingerprint density at radius 3 is 2.58 bits per heavy atom. The second kappa shape index (κ2) is 10.7. The van der Waals surface area contributed by atoms with Gasteiger partial charge in [-0.3, -0.25) is 9.59 Å². The van der Waals surface area contributed by atoms with E-state index in [1.54, 1.807) is 30.3 Å². The molecule has 1 aromatic heterocycles. The predicted molar refractivity (Wildman–Crippen MR) is 143 cm³/mol. The molecule has 3 atom stereocenters. The fourth-order valence-corrected chi connectivity index (χ4v) is 5.98. The summed E-state index contributed by atoms with van der Waals surface area (Å²) in [5.41, 5.74) is -0.801. The van der Waals surface area contributed by atoms with Gasteiger partial charge >= 0.3 is 0 Å². The number of hydrogen-bond acceptors (Lipinski definition) is 7. The molecule has 0 saturated carbocycles. The van der Waals surface area contributed by atoms with Gasteiger partial charge in [-0.05, 0) is 42.5 Å². The molecule has 204 valence electrons. The van der Waals surface area contributed by atoms with Crippen molar-refractivity contribution in [3.8, 4) is 6.07 Å². The number of pyridine rings is 1. The van der Waals surface area contributed by atoms with E-state index in [9.17, 15) is 18.4 Å². The topological polar surface area (TPSA) is 116 Å². The molecule has 2 aliphatic heterocycles. The number of nitrogens with one attached hydrogen (secondary N) is 2. The van der Waals surface area contributed by atoms with E-state index < -0.39 is 41.1 Å². The van der Waals surface area contributed by atoms with E-state index in [0.717, 1.165) is 24.8 Å². The van der Waals surface area contributed by atoms with Crippen LogP contribution in [0.2, 0.25) is 0 Å². The van der Waals surface area contributed by atoms with E-state index in [4.69, 9.17) is 10.00 Å². The number of nitrogens with zero attached hydrogens (tertiary/aromatic N) is 3. The molecule has 8 nitrogen and oxygen atoms in total. The van der Waals surface area contributed by atoms with E-state index in [0.29, 0.717) is 5.56 Å². The Bertz CT molecular complexity index is 1520. The minimum absolute atomic E-state index is 0.0220. The second-order valence-corrected chi connectivity index (χ2v) is 10.5. The van der Waals surface area contributed by atoms with Crippen LogP contribution in [0.15, 0.2) is 71.9 Å². The highest BCUT2D eigenvalue weighted by Crippen LogP contribution is 2.51. The molecular weight excluding hydrogens is 543 g/mol. The van der Waals surface area contributed by atoms with E-state index in [-0.39, 0.29) is 40.0 Å². The van der Waals surface area contributed by atoms with Crippen LogP contribution in [0.3, 0.4) is 0 Å². The van der Waals surface area contributed by atoms with Gasteiger partial charge < -0.3 is 15.4 Å². The van der Waals surface area contributed by atoms with Gasteiger partial charge in [0, 0.05) is 41.6 Å². The fraction of sp³-hybridized carbons (Fsp3) is 0.250. The number of carbonyl (C=O) groups excluding carboxylic acids is 2.